The van der Waals surface area contributed by atoms with Crippen LogP contribution in [0.4, 0.5) is 0 Å². The van der Waals surface area contributed by atoms with Gasteiger partial charge in [0.15, 0.2) is 0 Å². The van der Waals surface area contributed by atoms with E-state index in [1.54, 1.807) is 0 Å². The lowest BCUT2D eigenvalue weighted by Gasteiger charge is -2.48. The Morgan fingerprint density at radius 3 is 2.22 bits per heavy atom. The Hall–Kier alpha value is -0.0800. The van der Waals surface area contributed by atoms with Crippen molar-refractivity contribution in [3.05, 3.63) is 0 Å². The molecule has 2 nitrogen and oxygen atoms in total. The van der Waals surface area contributed by atoms with Crippen molar-refractivity contribution >= 4 is 0 Å². The molecular weight excluding hydrogens is 222 g/mol. The first-order valence-electron chi connectivity index (χ1n) is 8.14. The first-order valence-corrected chi connectivity index (χ1v) is 8.14. The molecule has 2 heteroatoms. The summed E-state index contributed by atoms with van der Waals surface area (Å²) in [6, 6.07) is 0. The third-order valence-electron chi connectivity index (χ3n) is 5.29. The molecular formula is C16H31NO. The van der Waals surface area contributed by atoms with E-state index < -0.39 is 0 Å². The maximum atomic E-state index is 10.9. The number of aliphatic hydroxyl groups is 1. The standard InChI is InChI=1S/C16H31NO/c1-3-9-14(2)15(18)16(10-5-6-11-16)17-12-7-4-8-13-17/h14-15,18H,3-13H2,1-2H3. The summed E-state index contributed by atoms with van der Waals surface area (Å²) in [6.45, 7) is 6.91. The summed E-state index contributed by atoms with van der Waals surface area (Å²) in [5, 5.41) is 10.9. The van der Waals surface area contributed by atoms with Gasteiger partial charge in [0.1, 0.15) is 0 Å². The van der Waals surface area contributed by atoms with Crippen molar-refractivity contribution in [2.24, 2.45) is 5.92 Å². The van der Waals surface area contributed by atoms with Crippen LogP contribution in [0.25, 0.3) is 0 Å². The fourth-order valence-corrected chi connectivity index (χ4v) is 4.27. The molecule has 0 spiro atoms. The normalized spacial score (nSPS) is 28.2. The highest BCUT2D eigenvalue weighted by Crippen LogP contribution is 2.42. The van der Waals surface area contributed by atoms with E-state index in [1.165, 1.54) is 64.5 Å². The maximum Gasteiger partial charge on any atom is 0.0749 e. The first-order chi connectivity index (χ1) is 8.70. The summed E-state index contributed by atoms with van der Waals surface area (Å²) in [7, 11) is 0. The molecule has 0 aromatic heterocycles. The average Bonchev–Trinajstić information content (AvgIpc) is 2.90. The molecule has 0 bridgehead atoms. The molecule has 1 aliphatic carbocycles. The zero-order valence-corrected chi connectivity index (χ0v) is 12.3. The SMILES string of the molecule is CCCC(C)C(O)C1(N2CCCCC2)CCCC1. The van der Waals surface area contributed by atoms with Gasteiger partial charge in [-0.2, -0.15) is 0 Å². The molecule has 106 valence electrons. The molecule has 2 unspecified atom stereocenters. The molecule has 0 radical (unpaired) electrons. The van der Waals surface area contributed by atoms with E-state index in [2.05, 4.69) is 18.7 Å². The molecule has 1 saturated carbocycles. The smallest absolute Gasteiger partial charge is 0.0749 e. The highest BCUT2D eigenvalue weighted by molar-refractivity contribution is 5.02. The predicted molar refractivity (Wildman–Crippen MR) is 76.7 cm³/mol. The van der Waals surface area contributed by atoms with Crippen LogP contribution in [0.5, 0.6) is 0 Å². The van der Waals surface area contributed by atoms with Gasteiger partial charge in [0, 0.05) is 5.54 Å². The number of rotatable bonds is 5. The number of likely N-dealkylation sites (tertiary alicyclic amines) is 1. The van der Waals surface area contributed by atoms with E-state index in [9.17, 15) is 5.11 Å². The monoisotopic (exact) mass is 253 g/mol. The molecule has 18 heavy (non-hydrogen) atoms. The summed E-state index contributed by atoms with van der Waals surface area (Å²) in [4.78, 5) is 2.65. The fraction of sp³-hybridized carbons (Fsp3) is 1.00. The van der Waals surface area contributed by atoms with Gasteiger partial charge in [-0.3, -0.25) is 4.90 Å². The lowest BCUT2D eigenvalue weighted by Crippen LogP contribution is -2.58. The molecule has 1 aliphatic heterocycles. The van der Waals surface area contributed by atoms with Crippen molar-refractivity contribution in [1.29, 1.82) is 0 Å². The van der Waals surface area contributed by atoms with Crippen molar-refractivity contribution in [3.8, 4) is 0 Å². The second-order valence-corrected chi connectivity index (χ2v) is 6.57. The number of aliphatic hydroxyl groups excluding tert-OH is 1. The van der Waals surface area contributed by atoms with E-state index in [-0.39, 0.29) is 11.6 Å². The van der Waals surface area contributed by atoms with Crippen LogP contribution < -0.4 is 0 Å². The van der Waals surface area contributed by atoms with Crippen molar-refractivity contribution in [3.63, 3.8) is 0 Å². The Morgan fingerprint density at radius 2 is 1.67 bits per heavy atom. The Balaban J connectivity index is 2.09. The van der Waals surface area contributed by atoms with Crippen LogP contribution >= 0.6 is 0 Å². The van der Waals surface area contributed by atoms with Crippen molar-refractivity contribution in [2.45, 2.75) is 83.3 Å². The van der Waals surface area contributed by atoms with Crippen molar-refractivity contribution in [2.75, 3.05) is 13.1 Å². The van der Waals surface area contributed by atoms with Crippen LogP contribution in [0, 0.1) is 5.92 Å². The molecule has 1 heterocycles. The number of hydrogen-bond acceptors (Lipinski definition) is 2. The maximum absolute atomic E-state index is 10.9. The highest BCUT2D eigenvalue weighted by atomic mass is 16.3. The van der Waals surface area contributed by atoms with Gasteiger partial charge in [0.05, 0.1) is 6.10 Å². The van der Waals surface area contributed by atoms with Crippen molar-refractivity contribution < 1.29 is 5.11 Å². The van der Waals surface area contributed by atoms with Crippen LogP contribution in [0.1, 0.15) is 71.6 Å². The van der Waals surface area contributed by atoms with E-state index in [0.29, 0.717) is 5.92 Å². The summed E-state index contributed by atoms with van der Waals surface area (Å²) in [6.07, 6.45) is 11.4. The molecule has 1 saturated heterocycles. The number of nitrogens with zero attached hydrogens (tertiary/aromatic N) is 1. The van der Waals surface area contributed by atoms with Gasteiger partial charge in [-0.25, -0.2) is 0 Å². The second-order valence-electron chi connectivity index (χ2n) is 6.57. The topological polar surface area (TPSA) is 23.5 Å². The quantitative estimate of drug-likeness (QED) is 0.809. The van der Waals surface area contributed by atoms with E-state index >= 15 is 0 Å². The molecule has 0 aromatic carbocycles. The van der Waals surface area contributed by atoms with Gasteiger partial charge in [-0.1, -0.05) is 39.5 Å². The minimum atomic E-state index is -0.113. The number of hydrogen-bond donors (Lipinski definition) is 1. The van der Waals surface area contributed by atoms with E-state index in [4.69, 9.17) is 0 Å². The summed E-state index contributed by atoms with van der Waals surface area (Å²) >= 11 is 0. The summed E-state index contributed by atoms with van der Waals surface area (Å²) in [5.41, 5.74) is 0.134. The molecule has 2 fully saturated rings. The van der Waals surface area contributed by atoms with Crippen LogP contribution in [0.2, 0.25) is 0 Å². The lowest BCUT2D eigenvalue weighted by molar-refractivity contribution is -0.0646. The molecule has 0 aromatic rings. The first kappa shape index (κ1) is 14.3. The van der Waals surface area contributed by atoms with Gasteiger partial charge in [0.2, 0.25) is 0 Å². The Bertz CT molecular complexity index is 241. The fourth-order valence-electron chi connectivity index (χ4n) is 4.27. The van der Waals surface area contributed by atoms with Crippen molar-refractivity contribution in [1.82, 2.24) is 4.90 Å². The lowest BCUT2D eigenvalue weighted by atomic mass is 9.79. The van der Waals surface area contributed by atoms with Gasteiger partial charge in [-0.05, 0) is 51.1 Å². The molecule has 2 aliphatic rings. The Labute approximate surface area is 113 Å². The summed E-state index contributed by atoms with van der Waals surface area (Å²) < 4.78 is 0. The van der Waals surface area contributed by atoms with Gasteiger partial charge in [0.25, 0.3) is 0 Å². The largest absolute Gasteiger partial charge is 0.391 e. The predicted octanol–water partition coefficient (Wildman–Crippen LogP) is 3.58. The average molecular weight is 253 g/mol. The highest BCUT2D eigenvalue weighted by Gasteiger charge is 2.46. The van der Waals surface area contributed by atoms with Crippen LogP contribution in [0.15, 0.2) is 0 Å². The second kappa shape index (κ2) is 6.38. The Morgan fingerprint density at radius 1 is 1.06 bits per heavy atom. The minimum absolute atomic E-state index is 0.113. The zero-order chi connectivity index (χ0) is 13.0. The number of piperidine rings is 1. The van der Waals surface area contributed by atoms with Gasteiger partial charge in [-0.15, -0.1) is 0 Å². The van der Waals surface area contributed by atoms with E-state index in [0.717, 1.165) is 6.42 Å². The van der Waals surface area contributed by atoms with Crippen LogP contribution in [0.3, 0.4) is 0 Å². The Kier molecular flexibility index (Phi) is 5.08. The van der Waals surface area contributed by atoms with Gasteiger partial charge >= 0.3 is 0 Å². The molecule has 2 atom stereocenters. The van der Waals surface area contributed by atoms with E-state index in [1.807, 2.05) is 0 Å². The molecule has 2 rings (SSSR count). The van der Waals surface area contributed by atoms with Crippen LogP contribution in [-0.4, -0.2) is 34.7 Å². The zero-order valence-electron chi connectivity index (χ0n) is 12.3. The summed E-state index contributed by atoms with van der Waals surface area (Å²) in [5.74, 6) is 0.454. The molecule has 1 N–H and O–H groups in total. The van der Waals surface area contributed by atoms with Gasteiger partial charge < -0.3 is 5.11 Å². The third kappa shape index (κ3) is 2.75. The molecule has 0 amide bonds. The van der Waals surface area contributed by atoms with Crippen LogP contribution in [-0.2, 0) is 0 Å². The minimum Gasteiger partial charge on any atom is -0.391 e. The third-order valence-corrected chi connectivity index (χ3v) is 5.29.